The van der Waals surface area contributed by atoms with Gasteiger partial charge in [-0.05, 0) is 26.0 Å². The molecule has 0 aromatic heterocycles. The number of esters is 1. The Morgan fingerprint density at radius 3 is 2.83 bits per heavy atom. The zero-order valence-corrected chi connectivity index (χ0v) is 11.1. The average molecular weight is 253 g/mol. The molecule has 0 aliphatic rings. The Hall–Kier alpha value is -1.42. The molecule has 0 fully saturated rings. The van der Waals surface area contributed by atoms with Crippen LogP contribution in [0.1, 0.15) is 36.9 Å². The number of aryl methyl sites for hydroxylation is 1. The number of halogens is 1. The molecule has 1 unspecified atom stereocenters. The van der Waals surface area contributed by atoms with Crippen LogP contribution in [0, 0.1) is 12.7 Å². The first-order valence-corrected chi connectivity index (χ1v) is 6.14. The van der Waals surface area contributed by atoms with Crippen LogP contribution in [0.15, 0.2) is 18.2 Å². The third-order valence-corrected chi connectivity index (χ3v) is 2.77. The fraction of sp³-hybridized carbons (Fsp3) is 0.500. The van der Waals surface area contributed by atoms with E-state index in [2.05, 4.69) is 10.1 Å². The van der Waals surface area contributed by atoms with Crippen LogP contribution < -0.4 is 5.32 Å². The van der Waals surface area contributed by atoms with E-state index in [1.807, 2.05) is 13.8 Å². The van der Waals surface area contributed by atoms with Gasteiger partial charge in [-0.1, -0.05) is 24.6 Å². The molecule has 1 rings (SSSR count). The number of hydrogen-bond donors (Lipinski definition) is 1. The highest BCUT2D eigenvalue weighted by molar-refractivity contribution is 5.70. The van der Waals surface area contributed by atoms with Crippen LogP contribution in [-0.2, 0) is 9.53 Å². The van der Waals surface area contributed by atoms with Gasteiger partial charge >= 0.3 is 5.97 Å². The van der Waals surface area contributed by atoms with Crippen LogP contribution in [0.2, 0.25) is 0 Å². The van der Waals surface area contributed by atoms with E-state index < -0.39 is 0 Å². The van der Waals surface area contributed by atoms with Crippen molar-refractivity contribution in [1.29, 1.82) is 0 Å². The zero-order chi connectivity index (χ0) is 13.5. The monoisotopic (exact) mass is 253 g/mol. The minimum atomic E-state index is -0.343. The van der Waals surface area contributed by atoms with E-state index in [0.29, 0.717) is 5.56 Å². The number of nitrogens with one attached hydrogen (secondary N) is 1. The van der Waals surface area contributed by atoms with Crippen molar-refractivity contribution in [1.82, 2.24) is 5.32 Å². The maximum atomic E-state index is 13.8. The molecule has 4 heteroatoms. The van der Waals surface area contributed by atoms with Crippen LogP contribution in [0.25, 0.3) is 0 Å². The summed E-state index contributed by atoms with van der Waals surface area (Å²) in [5.41, 5.74) is 1.49. The quantitative estimate of drug-likeness (QED) is 0.792. The van der Waals surface area contributed by atoms with Gasteiger partial charge in [0.1, 0.15) is 5.82 Å². The van der Waals surface area contributed by atoms with Crippen LogP contribution in [-0.4, -0.2) is 19.6 Å². The highest BCUT2D eigenvalue weighted by atomic mass is 19.1. The Morgan fingerprint density at radius 2 is 2.22 bits per heavy atom. The van der Waals surface area contributed by atoms with Crippen LogP contribution in [0.4, 0.5) is 4.39 Å². The standard InChI is InChI=1S/C14H20FNO2/c1-4-7-16-13(9-14(17)18-3)11-8-10(2)5-6-12(11)15/h5-6,8,13,16H,4,7,9H2,1-3H3. The molecule has 0 aliphatic carbocycles. The zero-order valence-electron chi connectivity index (χ0n) is 11.1. The van der Waals surface area contributed by atoms with Gasteiger partial charge in [0.25, 0.3) is 0 Å². The van der Waals surface area contributed by atoms with Crippen molar-refractivity contribution in [2.75, 3.05) is 13.7 Å². The molecule has 0 bridgehead atoms. The molecule has 1 aromatic rings. The Balaban J connectivity index is 2.92. The fourth-order valence-electron chi connectivity index (χ4n) is 1.79. The molecule has 0 heterocycles. The first-order chi connectivity index (χ1) is 8.58. The number of hydrogen-bond acceptors (Lipinski definition) is 3. The summed E-state index contributed by atoms with van der Waals surface area (Å²) in [6.45, 7) is 4.65. The third-order valence-electron chi connectivity index (χ3n) is 2.77. The number of rotatable bonds is 6. The molecule has 0 saturated carbocycles. The van der Waals surface area contributed by atoms with E-state index in [0.717, 1.165) is 18.5 Å². The topological polar surface area (TPSA) is 38.3 Å². The highest BCUT2D eigenvalue weighted by Gasteiger charge is 2.19. The predicted octanol–water partition coefficient (Wildman–Crippen LogP) is 2.74. The largest absolute Gasteiger partial charge is 0.469 e. The molecule has 100 valence electrons. The van der Waals surface area contributed by atoms with Gasteiger partial charge in [-0.3, -0.25) is 4.79 Å². The van der Waals surface area contributed by atoms with Crippen molar-refractivity contribution in [2.45, 2.75) is 32.7 Å². The van der Waals surface area contributed by atoms with E-state index in [1.54, 1.807) is 12.1 Å². The van der Waals surface area contributed by atoms with Crippen molar-refractivity contribution in [2.24, 2.45) is 0 Å². The van der Waals surface area contributed by atoms with Gasteiger partial charge in [-0.15, -0.1) is 0 Å². The normalized spacial score (nSPS) is 12.2. The smallest absolute Gasteiger partial charge is 0.307 e. The third kappa shape index (κ3) is 4.11. The lowest BCUT2D eigenvalue weighted by Gasteiger charge is -2.19. The van der Waals surface area contributed by atoms with Gasteiger partial charge in [0.05, 0.1) is 13.5 Å². The Labute approximate surface area is 107 Å². The molecule has 0 aliphatic heterocycles. The van der Waals surface area contributed by atoms with E-state index in [-0.39, 0.29) is 24.2 Å². The molecule has 3 nitrogen and oxygen atoms in total. The minimum Gasteiger partial charge on any atom is -0.469 e. The molecule has 0 amide bonds. The summed E-state index contributed by atoms with van der Waals surface area (Å²) in [5.74, 6) is -0.636. The second kappa shape index (κ2) is 7.11. The predicted molar refractivity (Wildman–Crippen MR) is 68.8 cm³/mol. The second-order valence-corrected chi connectivity index (χ2v) is 4.31. The summed E-state index contributed by atoms with van der Waals surface area (Å²) in [5, 5.41) is 3.18. The maximum absolute atomic E-state index is 13.8. The lowest BCUT2D eigenvalue weighted by Crippen LogP contribution is -2.26. The van der Waals surface area contributed by atoms with Crippen molar-refractivity contribution in [3.63, 3.8) is 0 Å². The first-order valence-electron chi connectivity index (χ1n) is 6.14. The van der Waals surface area contributed by atoms with Gasteiger partial charge in [-0.25, -0.2) is 4.39 Å². The molecule has 18 heavy (non-hydrogen) atoms. The summed E-state index contributed by atoms with van der Waals surface area (Å²) in [7, 11) is 1.34. The summed E-state index contributed by atoms with van der Waals surface area (Å²) in [6, 6.07) is 4.58. The molecule has 0 saturated heterocycles. The molecular formula is C14H20FNO2. The Bertz CT molecular complexity index is 407. The van der Waals surface area contributed by atoms with Crippen LogP contribution >= 0.6 is 0 Å². The van der Waals surface area contributed by atoms with Crippen molar-refractivity contribution >= 4 is 5.97 Å². The lowest BCUT2D eigenvalue weighted by atomic mass is 10.0. The van der Waals surface area contributed by atoms with Crippen LogP contribution in [0.5, 0.6) is 0 Å². The van der Waals surface area contributed by atoms with Gasteiger partial charge in [0.2, 0.25) is 0 Å². The van der Waals surface area contributed by atoms with Crippen molar-refractivity contribution in [3.8, 4) is 0 Å². The average Bonchev–Trinajstić information content (AvgIpc) is 2.37. The SMILES string of the molecule is CCCNC(CC(=O)OC)c1cc(C)ccc1F. The minimum absolute atomic E-state index is 0.136. The van der Waals surface area contributed by atoms with Gasteiger partial charge in [0, 0.05) is 11.6 Å². The number of benzene rings is 1. The van der Waals surface area contributed by atoms with Gasteiger partial charge in [-0.2, -0.15) is 0 Å². The maximum Gasteiger partial charge on any atom is 0.307 e. The molecule has 1 aromatic carbocycles. The summed E-state index contributed by atoms with van der Waals surface area (Å²) >= 11 is 0. The lowest BCUT2D eigenvalue weighted by molar-refractivity contribution is -0.141. The highest BCUT2D eigenvalue weighted by Crippen LogP contribution is 2.22. The summed E-state index contributed by atoms with van der Waals surface area (Å²) in [6.07, 6.45) is 1.06. The van der Waals surface area contributed by atoms with E-state index in [4.69, 9.17) is 0 Å². The Kier molecular flexibility index (Phi) is 5.78. The van der Waals surface area contributed by atoms with Crippen molar-refractivity contribution < 1.29 is 13.9 Å². The number of carbonyl (C=O) groups excluding carboxylic acids is 1. The van der Waals surface area contributed by atoms with Crippen molar-refractivity contribution in [3.05, 3.63) is 35.1 Å². The summed E-state index contributed by atoms with van der Waals surface area (Å²) < 4.78 is 18.5. The summed E-state index contributed by atoms with van der Waals surface area (Å²) in [4.78, 5) is 11.4. The number of carbonyl (C=O) groups is 1. The van der Waals surface area contributed by atoms with E-state index in [1.165, 1.54) is 13.2 Å². The molecule has 1 N–H and O–H groups in total. The molecule has 1 atom stereocenters. The first kappa shape index (κ1) is 14.6. The Morgan fingerprint density at radius 1 is 1.50 bits per heavy atom. The molecular weight excluding hydrogens is 233 g/mol. The van der Waals surface area contributed by atoms with Gasteiger partial charge in [0.15, 0.2) is 0 Å². The number of methoxy groups -OCH3 is 1. The number of ether oxygens (including phenoxy) is 1. The van der Waals surface area contributed by atoms with Gasteiger partial charge < -0.3 is 10.1 Å². The fourth-order valence-corrected chi connectivity index (χ4v) is 1.79. The van der Waals surface area contributed by atoms with Crippen LogP contribution in [0.3, 0.4) is 0 Å². The van der Waals surface area contributed by atoms with E-state index in [9.17, 15) is 9.18 Å². The molecule has 0 radical (unpaired) electrons. The van der Waals surface area contributed by atoms with E-state index >= 15 is 0 Å². The molecule has 0 spiro atoms. The second-order valence-electron chi connectivity index (χ2n) is 4.31.